The quantitative estimate of drug-likeness (QED) is 0.573. The van der Waals surface area contributed by atoms with Gasteiger partial charge in [-0.05, 0) is 30.7 Å². The molecular formula is C18H15N7OS. The van der Waals surface area contributed by atoms with Gasteiger partial charge in [0.1, 0.15) is 22.5 Å². The second kappa shape index (κ2) is 7.42. The molecule has 4 heterocycles. The lowest BCUT2D eigenvalue weighted by Crippen LogP contribution is -2.22. The average molecular weight is 377 g/mol. The van der Waals surface area contributed by atoms with Crippen LogP contribution in [-0.2, 0) is 6.54 Å². The summed E-state index contributed by atoms with van der Waals surface area (Å²) >= 11 is 1.34. The SMILES string of the molecule is Cc1nc(-c2ccccn2)sc1C(=O)NCc1ccc(-n2cncn2)nc1. The summed E-state index contributed by atoms with van der Waals surface area (Å²) in [6.45, 7) is 2.20. The van der Waals surface area contributed by atoms with Gasteiger partial charge in [0.15, 0.2) is 5.82 Å². The van der Waals surface area contributed by atoms with Crippen LogP contribution in [0.15, 0.2) is 55.4 Å². The lowest BCUT2D eigenvalue weighted by Gasteiger charge is -2.05. The van der Waals surface area contributed by atoms with Crippen molar-refractivity contribution in [3.63, 3.8) is 0 Å². The predicted molar refractivity (Wildman–Crippen MR) is 100 cm³/mol. The largest absolute Gasteiger partial charge is 0.347 e. The van der Waals surface area contributed by atoms with E-state index >= 15 is 0 Å². The number of rotatable bonds is 5. The molecule has 0 aliphatic rings. The zero-order valence-corrected chi connectivity index (χ0v) is 15.2. The van der Waals surface area contributed by atoms with Crippen molar-refractivity contribution in [2.24, 2.45) is 0 Å². The van der Waals surface area contributed by atoms with Crippen LogP contribution in [0.4, 0.5) is 0 Å². The molecule has 4 aromatic heterocycles. The average Bonchev–Trinajstić information content (AvgIpc) is 3.37. The van der Waals surface area contributed by atoms with Crippen molar-refractivity contribution in [3.8, 4) is 16.5 Å². The Hall–Kier alpha value is -3.46. The van der Waals surface area contributed by atoms with Gasteiger partial charge in [-0.15, -0.1) is 11.3 Å². The molecule has 0 bridgehead atoms. The number of thiazole rings is 1. The Balaban J connectivity index is 1.43. The number of nitrogens with one attached hydrogen (secondary N) is 1. The van der Waals surface area contributed by atoms with E-state index in [9.17, 15) is 4.79 Å². The summed E-state index contributed by atoms with van der Waals surface area (Å²) in [5.41, 5.74) is 2.34. The fourth-order valence-electron chi connectivity index (χ4n) is 2.45. The number of carbonyl (C=O) groups excluding carboxylic acids is 1. The zero-order chi connectivity index (χ0) is 18.6. The molecule has 0 unspecified atom stereocenters. The third-order valence-corrected chi connectivity index (χ3v) is 4.98. The highest BCUT2D eigenvalue weighted by molar-refractivity contribution is 7.17. The van der Waals surface area contributed by atoms with Crippen molar-refractivity contribution >= 4 is 17.2 Å². The second-order valence-corrected chi connectivity index (χ2v) is 6.69. The number of amides is 1. The van der Waals surface area contributed by atoms with Crippen LogP contribution in [0.2, 0.25) is 0 Å². The predicted octanol–water partition coefficient (Wildman–Crippen LogP) is 2.42. The fourth-order valence-corrected chi connectivity index (χ4v) is 3.41. The highest BCUT2D eigenvalue weighted by atomic mass is 32.1. The molecule has 0 aliphatic carbocycles. The molecule has 0 aromatic carbocycles. The standard InChI is InChI=1S/C18H15N7OS/c1-12-16(27-18(24-12)14-4-2-3-7-20-14)17(26)22-9-13-5-6-15(21-8-13)25-11-19-10-23-25/h2-8,10-11H,9H2,1H3,(H,22,26). The Morgan fingerprint density at radius 2 is 2.15 bits per heavy atom. The summed E-state index contributed by atoms with van der Waals surface area (Å²) < 4.78 is 1.57. The molecule has 9 heteroatoms. The summed E-state index contributed by atoms with van der Waals surface area (Å²) in [6.07, 6.45) is 6.44. The molecule has 1 N–H and O–H groups in total. The van der Waals surface area contributed by atoms with Gasteiger partial charge in [-0.3, -0.25) is 9.78 Å². The van der Waals surface area contributed by atoms with E-state index in [2.05, 4.69) is 30.4 Å². The Morgan fingerprint density at radius 3 is 2.85 bits per heavy atom. The first-order chi connectivity index (χ1) is 13.2. The van der Waals surface area contributed by atoms with E-state index < -0.39 is 0 Å². The smallest absolute Gasteiger partial charge is 0.263 e. The second-order valence-electron chi connectivity index (χ2n) is 5.70. The van der Waals surface area contributed by atoms with Gasteiger partial charge in [-0.2, -0.15) is 5.10 Å². The number of pyridine rings is 2. The van der Waals surface area contributed by atoms with Crippen LogP contribution in [0.3, 0.4) is 0 Å². The number of aryl methyl sites for hydroxylation is 1. The summed E-state index contributed by atoms with van der Waals surface area (Å²) in [4.78, 5) is 30.1. The Kier molecular flexibility index (Phi) is 4.67. The van der Waals surface area contributed by atoms with Crippen LogP contribution in [0.5, 0.6) is 0 Å². The molecule has 4 aromatic rings. The number of aromatic nitrogens is 6. The van der Waals surface area contributed by atoms with E-state index in [1.165, 1.54) is 17.7 Å². The van der Waals surface area contributed by atoms with Gasteiger partial charge in [0.25, 0.3) is 5.91 Å². The van der Waals surface area contributed by atoms with Gasteiger partial charge in [-0.1, -0.05) is 12.1 Å². The number of carbonyl (C=O) groups is 1. The molecule has 0 aliphatic heterocycles. The van der Waals surface area contributed by atoms with E-state index in [-0.39, 0.29) is 5.91 Å². The Bertz CT molecular complexity index is 1040. The van der Waals surface area contributed by atoms with Crippen LogP contribution < -0.4 is 5.32 Å². The van der Waals surface area contributed by atoms with Crippen LogP contribution in [-0.4, -0.2) is 35.6 Å². The summed E-state index contributed by atoms with van der Waals surface area (Å²) in [5.74, 6) is 0.508. The van der Waals surface area contributed by atoms with Crippen molar-refractivity contribution in [1.29, 1.82) is 0 Å². The Labute approximate surface area is 159 Å². The minimum absolute atomic E-state index is 0.160. The highest BCUT2D eigenvalue weighted by Gasteiger charge is 2.16. The fraction of sp³-hybridized carbons (Fsp3) is 0.111. The maximum atomic E-state index is 12.5. The normalized spacial score (nSPS) is 10.7. The lowest BCUT2D eigenvalue weighted by molar-refractivity contribution is 0.0954. The van der Waals surface area contributed by atoms with Crippen LogP contribution in [0, 0.1) is 6.92 Å². The van der Waals surface area contributed by atoms with Gasteiger partial charge < -0.3 is 5.32 Å². The van der Waals surface area contributed by atoms with Crippen LogP contribution in [0.25, 0.3) is 16.5 Å². The first kappa shape index (κ1) is 17.0. The highest BCUT2D eigenvalue weighted by Crippen LogP contribution is 2.26. The number of hydrogen-bond donors (Lipinski definition) is 1. The molecule has 0 saturated heterocycles. The summed E-state index contributed by atoms with van der Waals surface area (Å²) in [7, 11) is 0. The molecule has 0 spiro atoms. The van der Waals surface area contributed by atoms with Crippen LogP contribution in [0.1, 0.15) is 20.9 Å². The summed E-state index contributed by atoms with van der Waals surface area (Å²) in [6, 6.07) is 9.34. The molecular weight excluding hydrogens is 362 g/mol. The van der Waals surface area contributed by atoms with Crippen molar-refractivity contribution in [2.75, 3.05) is 0 Å². The van der Waals surface area contributed by atoms with Crippen LogP contribution >= 0.6 is 11.3 Å². The minimum atomic E-state index is -0.160. The van der Waals surface area contributed by atoms with E-state index in [1.54, 1.807) is 23.4 Å². The van der Waals surface area contributed by atoms with Gasteiger partial charge in [0.2, 0.25) is 0 Å². The maximum absolute atomic E-state index is 12.5. The van der Waals surface area contributed by atoms with Gasteiger partial charge in [0.05, 0.1) is 11.4 Å². The number of hydrogen-bond acceptors (Lipinski definition) is 7. The van der Waals surface area contributed by atoms with Gasteiger partial charge >= 0.3 is 0 Å². The summed E-state index contributed by atoms with van der Waals surface area (Å²) in [5, 5.41) is 7.67. The topological polar surface area (TPSA) is 98.5 Å². The molecule has 27 heavy (non-hydrogen) atoms. The van der Waals surface area contributed by atoms with E-state index in [4.69, 9.17) is 0 Å². The first-order valence-electron chi connectivity index (χ1n) is 8.17. The molecule has 8 nitrogen and oxygen atoms in total. The third kappa shape index (κ3) is 3.72. The molecule has 0 fully saturated rings. The van der Waals surface area contributed by atoms with E-state index in [0.29, 0.717) is 22.9 Å². The number of nitrogens with zero attached hydrogens (tertiary/aromatic N) is 6. The third-order valence-electron chi connectivity index (χ3n) is 3.80. The van der Waals surface area contributed by atoms with E-state index in [1.807, 2.05) is 37.3 Å². The molecule has 4 rings (SSSR count). The maximum Gasteiger partial charge on any atom is 0.263 e. The van der Waals surface area contributed by atoms with Crippen molar-refractivity contribution in [2.45, 2.75) is 13.5 Å². The van der Waals surface area contributed by atoms with Gasteiger partial charge in [0, 0.05) is 18.9 Å². The lowest BCUT2D eigenvalue weighted by atomic mass is 10.2. The zero-order valence-electron chi connectivity index (χ0n) is 14.4. The minimum Gasteiger partial charge on any atom is -0.347 e. The van der Waals surface area contributed by atoms with E-state index in [0.717, 1.165) is 16.3 Å². The molecule has 134 valence electrons. The molecule has 1 amide bonds. The van der Waals surface area contributed by atoms with Crippen molar-refractivity contribution in [1.82, 2.24) is 35.0 Å². The molecule has 0 radical (unpaired) electrons. The molecule has 0 atom stereocenters. The Morgan fingerprint density at radius 1 is 1.22 bits per heavy atom. The van der Waals surface area contributed by atoms with Crippen molar-refractivity contribution in [3.05, 3.63) is 71.5 Å². The first-order valence-corrected chi connectivity index (χ1v) is 8.99. The molecule has 0 saturated carbocycles. The monoisotopic (exact) mass is 377 g/mol. The van der Waals surface area contributed by atoms with Gasteiger partial charge in [-0.25, -0.2) is 19.6 Å². The van der Waals surface area contributed by atoms with Crippen molar-refractivity contribution < 1.29 is 4.79 Å².